The lowest BCUT2D eigenvalue weighted by molar-refractivity contribution is 0.276. The Morgan fingerprint density at radius 3 is 2.53 bits per heavy atom. The summed E-state index contributed by atoms with van der Waals surface area (Å²) in [4.78, 5) is 0. The van der Waals surface area contributed by atoms with E-state index < -0.39 is 0 Å². The Bertz CT molecular complexity index is 317. The summed E-state index contributed by atoms with van der Waals surface area (Å²) in [5.41, 5.74) is 1.35. The van der Waals surface area contributed by atoms with Gasteiger partial charge in [0.1, 0.15) is 0 Å². The summed E-state index contributed by atoms with van der Waals surface area (Å²) in [5, 5.41) is 7.77. The van der Waals surface area contributed by atoms with E-state index in [1.54, 1.807) is 0 Å². The first-order chi connectivity index (χ1) is 8.04. The molecule has 1 rings (SSSR count). The summed E-state index contributed by atoms with van der Waals surface area (Å²) in [6, 6.07) is 0.594. The highest BCUT2D eigenvalue weighted by Crippen LogP contribution is 2.21. The molecule has 0 bridgehead atoms. The van der Waals surface area contributed by atoms with Crippen LogP contribution in [-0.4, -0.2) is 22.4 Å². The number of aromatic nitrogens is 2. The van der Waals surface area contributed by atoms with Gasteiger partial charge in [0, 0.05) is 19.3 Å². The van der Waals surface area contributed by atoms with Crippen molar-refractivity contribution in [3.63, 3.8) is 0 Å². The molecule has 2 atom stereocenters. The molecule has 1 aromatic rings. The van der Waals surface area contributed by atoms with Crippen LogP contribution in [0.5, 0.6) is 0 Å². The van der Waals surface area contributed by atoms with Crippen LogP contribution in [0.1, 0.15) is 39.7 Å². The van der Waals surface area contributed by atoms with E-state index in [1.807, 2.05) is 17.9 Å². The maximum atomic E-state index is 4.22. The fourth-order valence-electron chi connectivity index (χ4n) is 2.57. The molecule has 0 aromatic carbocycles. The number of hydrogen-bond acceptors (Lipinski definition) is 2. The van der Waals surface area contributed by atoms with Gasteiger partial charge in [-0.15, -0.1) is 0 Å². The maximum Gasteiger partial charge on any atom is 0.0521 e. The Morgan fingerprint density at radius 2 is 2.06 bits per heavy atom. The largest absolute Gasteiger partial charge is 0.314 e. The van der Waals surface area contributed by atoms with Crippen molar-refractivity contribution in [2.75, 3.05) is 6.54 Å². The second-order valence-corrected chi connectivity index (χ2v) is 5.32. The molecule has 0 spiro atoms. The van der Waals surface area contributed by atoms with Crippen LogP contribution < -0.4 is 5.32 Å². The van der Waals surface area contributed by atoms with Crippen molar-refractivity contribution < 1.29 is 0 Å². The van der Waals surface area contributed by atoms with E-state index in [0.717, 1.165) is 24.8 Å². The smallest absolute Gasteiger partial charge is 0.0521 e. The molecule has 3 nitrogen and oxygen atoms in total. The van der Waals surface area contributed by atoms with Gasteiger partial charge in [-0.1, -0.05) is 20.8 Å². The predicted octanol–water partition coefficient (Wildman–Crippen LogP) is 2.62. The van der Waals surface area contributed by atoms with E-state index in [1.165, 1.54) is 12.0 Å². The van der Waals surface area contributed by atoms with E-state index in [9.17, 15) is 0 Å². The van der Waals surface area contributed by atoms with Crippen molar-refractivity contribution in [2.45, 2.75) is 46.6 Å². The Labute approximate surface area is 106 Å². The molecule has 0 amide bonds. The Balaban J connectivity index is 2.49. The van der Waals surface area contributed by atoms with Gasteiger partial charge in [-0.05, 0) is 43.7 Å². The van der Waals surface area contributed by atoms with E-state index >= 15 is 0 Å². The van der Waals surface area contributed by atoms with Crippen molar-refractivity contribution in [3.8, 4) is 0 Å². The highest BCUT2D eigenvalue weighted by atomic mass is 15.2. The monoisotopic (exact) mass is 237 g/mol. The van der Waals surface area contributed by atoms with Crippen LogP contribution >= 0.6 is 0 Å². The third kappa shape index (κ3) is 4.50. The van der Waals surface area contributed by atoms with Crippen molar-refractivity contribution >= 4 is 0 Å². The summed E-state index contributed by atoms with van der Waals surface area (Å²) >= 11 is 0. The summed E-state index contributed by atoms with van der Waals surface area (Å²) in [6.45, 7) is 10.2. The molecule has 0 aliphatic heterocycles. The highest BCUT2D eigenvalue weighted by Gasteiger charge is 2.19. The minimum Gasteiger partial charge on any atom is -0.314 e. The molecule has 0 aliphatic carbocycles. The highest BCUT2D eigenvalue weighted by molar-refractivity contribution is 5.04. The first-order valence-corrected chi connectivity index (χ1v) is 6.75. The number of aryl methyl sites for hydroxylation is 2. The molecule has 1 heterocycles. The molecule has 1 N–H and O–H groups in total. The third-order valence-corrected chi connectivity index (χ3v) is 3.55. The van der Waals surface area contributed by atoms with Gasteiger partial charge in [-0.25, -0.2) is 0 Å². The van der Waals surface area contributed by atoms with Crippen molar-refractivity contribution in [1.82, 2.24) is 15.1 Å². The molecule has 17 heavy (non-hydrogen) atoms. The molecular formula is C14H27N3. The topological polar surface area (TPSA) is 29.9 Å². The van der Waals surface area contributed by atoms with Gasteiger partial charge in [-0.2, -0.15) is 5.10 Å². The summed E-state index contributed by atoms with van der Waals surface area (Å²) in [6.07, 6.45) is 6.47. The van der Waals surface area contributed by atoms with Crippen LogP contribution in [0.3, 0.4) is 0 Å². The van der Waals surface area contributed by atoms with Gasteiger partial charge < -0.3 is 5.32 Å². The molecular weight excluding hydrogens is 210 g/mol. The quantitative estimate of drug-likeness (QED) is 0.790. The van der Waals surface area contributed by atoms with Gasteiger partial charge in [0.05, 0.1) is 6.20 Å². The third-order valence-electron chi connectivity index (χ3n) is 3.55. The minimum atomic E-state index is 0.594. The van der Waals surface area contributed by atoms with Crippen LogP contribution in [0.25, 0.3) is 0 Å². The van der Waals surface area contributed by atoms with E-state index in [4.69, 9.17) is 0 Å². The van der Waals surface area contributed by atoms with Gasteiger partial charge in [0.2, 0.25) is 0 Å². The minimum absolute atomic E-state index is 0.594. The number of hydrogen-bond donors (Lipinski definition) is 1. The van der Waals surface area contributed by atoms with Crippen LogP contribution in [0.2, 0.25) is 0 Å². The molecule has 0 radical (unpaired) electrons. The second kappa shape index (κ2) is 6.80. The molecule has 98 valence electrons. The zero-order valence-corrected chi connectivity index (χ0v) is 11.9. The first-order valence-electron chi connectivity index (χ1n) is 6.75. The summed E-state index contributed by atoms with van der Waals surface area (Å²) in [7, 11) is 1.98. The Kier molecular flexibility index (Phi) is 5.69. The number of nitrogens with zero attached hydrogens (tertiary/aromatic N) is 2. The standard InChI is InChI=1S/C14H27N3/c1-6-15-12(4)14(11(2)3)8-7-13-9-16-17(5)10-13/h9-12,14-15H,6-8H2,1-5H3. The molecule has 0 saturated heterocycles. The predicted molar refractivity (Wildman–Crippen MR) is 73.0 cm³/mol. The van der Waals surface area contributed by atoms with Crippen molar-refractivity contribution in [1.29, 1.82) is 0 Å². The molecule has 0 saturated carbocycles. The van der Waals surface area contributed by atoms with Crippen molar-refractivity contribution in [3.05, 3.63) is 18.0 Å². The van der Waals surface area contributed by atoms with Gasteiger partial charge in [-0.3, -0.25) is 4.68 Å². The summed E-state index contributed by atoms with van der Waals surface area (Å²) in [5.74, 6) is 1.45. The van der Waals surface area contributed by atoms with E-state index in [-0.39, 0.29) is 0 Å². The molecule has 3 heteroatoms. The van der Waals surface area contributed by atoms with Crippen LogP contribution in [-0.2, 0) is 13.5 Å². The number of rotatable bonds is 7. The molecule has 2 unspecified atom stereocenters. The van der Waals surface area contributed by atoms with Crippen LogP contribution in [0.15, 0.2) is 12.4 Å². The number of nitrogens with one attached hydrogen (secondary N) is 1. The summed E-state index contributed by atoms with van der Waals surface area (Å²) < 4.78 is 1.88. The van der Waals surface area contributed by atoms with Gasteiger partial charge in [0.15, 0.2) is 0 Å². The lowest BCUT2D eigenvalue weighted by Crippen LogP contribution is -2.36. The van der Waals surface area contributed by atoms with Crippen LogP contribution in [0.4, 0.5) is 0 Å². The SMILES string of the molecule is CCNC(C)C(CCc1cnn(C)c1)C(C)C. The van der Waals surface area contributed by atoms with Crippen LogP contribution in [0, 0.1) is 11.8 Å². The van der Waals surface area contributed by atoms with Crippen molar-refractivity contribution in [2.24, 2.45) is 18.9 Å². The fourth-order valence-corrected chi connectivity index (χ4v) is 2.57. The Morgan fingerprint density at radius 1 is 1.35 bits per heavy atom. The lowest BCUT2D eigenvalue weighted by atomic mass is 9.84. The zero-order chi connectivity index (χ0) is 12.8. The second-order valence-electron chi connectivity index (χ2n) is 5.32. The normalized spacial score (nSPS) is 15.2. The van der Waals surface area contributed by atoms with Gasteiger partial charge in [0.25, 0.3) is 0 Å². The zero-order valence-electron chi connectivity index (χ0n) is 11.9. The first kappa shape index (κ1) is 14.2. The Hall–Kier alpha value is -0.830. The average molecular weight is 237 g/mol. The fraction of sp³-hybridized carbons (Fsp3) is 0.786. The lowest BCUT2D eigenvalue weighted by Gasteiger charge is -2.28. The molecule has 1 aromatic heterocycles. The van der Waals surface area contributed by atoms with Gasteiger partial charge >= 0.3 is 0 Å². The maximum absolute atomic E-state index is 4.22. The van der Waals surface area contributed by atoms with E-state index in [0.29, 0.717) is 6.04 Å². The van der Waals surface area contributed by atoms with E-state index in [2.05, 4.69) is 44.3 Å². The average Bonchev–Trinajstić information content (AvgIpc) is 2.64. The molecule has 0 aliphatic rings. The molecule has 0 fully saturated rings.